The highest BCUT2D eigenvalue weighted by molar-refractivity contribution is 7.89. The van der Waals surface area contributed by atoms with E-state index in [1.807, 2.05) is 37.3 Å². The zero-order chi connectivity index (χ0) is 29.1. The molecule has 1 fully saturated rings. The molecule has 0 aliphatic carbocycles. The number of carbonyl (C=O) groups is 2. The number of hydroxylamine groups is 1. The number of aromatic nitrogens is 1. The summed E-state index contributed by atoms with van der Waals surface area (Å²) in [5.41, 5.74) is 3.55. The number of aryl methyl sites for hydroxylation is 1. The minimum atomic E-state index is -4.09. The molecule has 214 valence electrons. The lowest BCUT2D eigenvalue weighted by Gasteiger charge is -2.38. The minimum absolute atomic E-state index is 0.0393. The second-order valence-corrected chi connectivity index (χ2v) is 12.4. The quantitative estimate of drug-likeness (QED) is 0.289. The van der Waals surface area contributed by atoms with Crippen LogP contribution in [0.15, 0.2) is 59.5 Å². The average molecular weight is 571 g/mol. The van der Waals surface area contributed by atoms with Gasteiger partial charge in [0.1, 0.15) is 18.0 Å². The van der Waals surface area contributed by atoms with E-state index < -0.39 is 39.6 Å². The number of ether oxygens (including phenoxy) is 2. The molecule has 0 radical (unpaired) electrons. The van der Waals surface area contributed by atoms with Crippen LogP contribution >= 0.6 is 0 Å². The third kappa shape index (κ3) is 7.06. The lowest BCUT2D eigenvalue weighted by atomic mass is 9.92. The van der Waals surface area contributed by atoms with Crippen LogP contribution in [0.2, 0.25) is 0 Å². The van der Waals surface area contributed by atoms with E-state index in [4.69, 9.17) is 9.47 Å². The Morgan fingerprint density at radius 1 is 1.12 bits per heavy atom. The van der Waals surface area contributed by atoms with Gasteiger partial charge in [-0.25, -0.2) is 23.4 Å². The summed E-state index contributed by atoms with van der Waals surface area (Å²) in [6.07, 6.45) is -0.479. The molecule has 1 aromatic heterocycles. The molecular weight excluding hydrogens is 536 g/mol. The number of para-hydroxylation sites is 1. The third-order valence-electron chi connectivity index (χ3n) is 6.48. The maximum absolute atomic E-state index is 13.2. The van der Waals surface area contributed by atoms with Gasteiger partial charge in [-0.15, -0.1) is 0 Å². The van der Waals surface area contributed by atoms with Crippen molar-refractivity contribution in [2.75, 3.05) is 13.1 Å². The number of piperidine rings is 1. The van der Waals surface area contributed by atoms with E-state index >= 15 is 0 Å². The lowest BCUT2D eigenvalue weighted by Crippen LogP contribution is -2.57. The molecule has 3 aromatic rings. The van der Waals surface area contributed by atoms with Crippen LogP contribution in [0.3, 0.4) is 0 Å². The molecule has 1 aliphatic heterocycles. The number of nitrogens with zero attached hydrogens (tertiary/aromatic N) is 2. The Labute approximate surface area is 233 Å². The molecule has 11 nitrogen and oxygen atoms in total. The van der Waals surface area contributed by atoms with Crippen LogP contribution in [0.5, 0.6) is 5.75 Å². The van der Waals surface area contributed by atoms with E-state index in [0.717, 1.165) is 22.2 Å². The number of carbonyl (C=O) groups excluding carboxylic acids is 2. The zero-order valence-electron chi connectivity index (χ0n) is 22.9. The Kier molecular flexibility index (Phi) is 8.62. The first-order valence-corrected chi connectivity index (χ1v) is 14.4. The molecule has 3 N–H and O–H groups in total. The van der Waals surface area contributed by atoms with Gasteiger partial charge in [0.2, 0.25) is 15.9 Å². The monoisotopic (exact) mass is 570 g/mol. The van der Waals surface area contributed by atoms with E-state index in [2.05, 4.69) is 9.71 Å². The molecule has 12 heteroatoms. The molecule has 2 atom stereocenters. The van der Waals surface area contributed by atoms with Gasteiger partial charge in [0.25, 0.3) is 0 Å². The highest BCUT2D eigenvalue weighted by Gasteiger charge is 2.39. The summed E-state index contributed by atoms with van der Waals surface area (Å²) in [4.78, 5) is 30.7. The van der Waals surface area contributed by atoms with Gasteiger partial charge in [0.15, 0.2) is 0 Å². The van der Waals surface area contributed by atoms with Gasteiger partial charge in [-0.05, 0) is 70.5 Å². The molecule has 2 amide bonds. The molecule has 0 spiro atoms. The standard InChI is InChI=1S/C28H34N4O7S/c1-18-15-19(22-7-5-6-8-24(22)29-18)17-38-20-9-11-21(12-10-20)40(36,37)31-25-16-32(27(34)39-28(2,3)4)14-13-23(25)26(33)30-35/h5-12,15,23,25,31,35H,13-14,16-17H2,1-4H3,(H,30,33). The summed E-state index contributed by atoms with van der Waals surface area (Å²) in [5, 5.41) is 10.2. The average Bonchev–Trinajstić information content (AvgIpc) is 2.90. The van der Waals surface area contributed by atoms with Crippen LogP contribution in [0.4, 0.5) is 4.79 Å². The fourth-order valence-corrected chi connectivity index (χ4v) is 5.89. The van der Waals surface area contributed by atoms with Gasteiger partial charge in [-0.1, -0.05) is 18.2 Å². The van der Waals surface area contributed by atoms with Crippen molar-refractivity contribution in [1.82, 2.24) is 20.1 Å². The Morgan fingerprint density at radius 3 is 2.50 bits per heavy atom. The minimum Gasteiger partial charge on any atom is -0.489 e. The van der Waals surface area contributed by atoms with Crippen LogP contribution in [0, 0.1) is 12.8 Å². The third-order valence-corrected chi connectivity index (χ3v) is 7.98. The van der Waals surface area contributed by atoms with Gasteiger partial charge in [0.05, 0.1) is 22.4 Å². The van der Waals surface area contributed by atoms with Crippen molar-refractivity contribution in [2.45, 2.75) is 57.3 Å². The fourth-order valence-electron chi connectivity index (χ4n) is 4.62. The maximum Gasteiger partial charge on any atom is 0.410 e. The fraction of sp³-hybridized carbons (Fsp3) is 0.393. The Morgan fingerprint density at radius 2 is 1.82 bits per heavy atom. The van der Waals surface area contributed by atoms with E-state index in [1.54, 1.807) is 38.4 Å². The van der Waals surface area contributed by atoms with Crippen LogP contribution in [0.25, 0.3) is 10.9 Å². The predicted octanol–water partition coefficient (Wildman–Crippen LogP) is 3.53. The van der Waals surface area contributed by atoms with Crippen molar-refractivity contribution in [1.29, 1.82) is 0 Å². The number of pyridine rings is 1. The number of rotatable bonds is 7. The van der Waals surface area contributed by atoms with E-state index in [1.165, 1.54) is 17.0 Å². The molecule has 2 unspecified atom stereocenters. The summed E-state index contributed by atoms with van der Waals surface area (Å²) >= 11 is 0. The number of amides is 2. The SMILES string of the molecule is Cc1cc(COc2ccc(S(=O)(=O)NC3CN(C(=O)OC(C)(C)C)CCC3C(=O)NO)cc2)c2ccccc2n1. The molecular formula is C28H34N4O7S. The molecule has 0 bridgehead atoms. The normalized spacial score (nSPS) is 17.9. The Hall–Kier alpha value is -3.74. The smallest absolute Gasteiger partial charge is 0.410 e. The predicted molar refractivity (Wildman–Crippen MR) is 147 cm³/mol. The highest BCUT2D eigenvalue weighted by Crippen LogP contribution is 2.25. The first-order valence-electron chi connectivity index (χ1n) is 12.9. The molecule has 1 saturated heterocycles. The molecule has 2 aromatic carbocycles. The number of hydrogen-bond donors (Lipinski definition) is 3. The highest BCUT2D eigenvalue weighted by atomic mass is 32.2. The van der Waals surface area contributed by atoms with E-state index in [-0.39, 0.29) is 31.0 Å². The maximum atomic E-state index is 13.2. The van der Waals surface area contributed by atoms with Crippen LogP contribution < -0.4 is 14.9 Å². The number of benzene rings is 2. The van der Waals surface area contributed by atoms with Crippen LogP contribution in [-0.4, -0.2) is 60.2 Å². The van der Waals surface area contributed by atoms with Crippen molar-refractivity contribution in [3.8, 4) is 5.75 Å². The van der Waals surface area contributed by atoms with Gasteiger partial charge in [0, 0.05) is 29.7 Å². The summed E-state index contributed by atoms with van der Waals surface area (Å²) in [6.45, 7) is 7.43. The molecule has 1 aliphatic rings. The van der Waals surface area contributed by atoms with Gasteiger partial charge < -0.3 is 14.4 Å². The van der Waals surface area contributed by atoms with Crippen molar-refractivity contribution in [2.24, 2.45) is 5.92 Å². The Bertz CT molecular complexity index is 1490. The number of fused-ring (bicyclic) bond motifs is 1. The first kappa shape index (κ1) is 29.2. The van der Waals surface area contributed by atoms with E-state index in [0.29, 0.717) is 5.75 Å². The topological polar surface area (TPSA) is 147 Å². The summed E-state index contributed by atoms with van der Waals surface area (Å²) in [6, 6.07) is 14.6. The van der Waals surface area contributed by atoms with Crippen molar-refractivity contribution in [3.05, 3.63) is 65.9 Å². The van der Waals surface area contributed by atoms with Crippen molar-refractivity contribution in [3.63, 3.8) is 0 Å². The molecule has 0 saturated carbocycles. The van der Waals surface area contributed by atoms with Crippen molar-refractivity contribution < 1.29 is 32.7 Å². The largest absolute Gasteiger partial charge is 0.489 e. The molecule has 2 heterocycles. The number of hydrogen-bond acceptors (Lipinski definition) is 8. The number of likely N-dealkylation sites (tertiary alicyclic amines) is 1. The second-order valence-electron chi connectivity index (χ2n) is 10.7. The van der Waals surface area contributed by atoms with Crippen LogP contribution in [0.1, 0.15) is 38.4 Å². The summed E-state index contributed by atoms with van der Waals surface area (Å²) < 4.78 is 40.4. The van der Waals surface area contributed by atoms with Gasteiger partial charge in [-0.3, -0.25) is 15.0 Å². The van der Waals surface area contributed by atoms with Gasteiger partial charge in [-0.2, -0.15) is 0 Å². The zero-order valence-corrected chi connectivity index (χ0v) is 23.7. The number of sulfonamides is 1. The Balaban J connectivity index is 1.47. The first-order chi connectivity index (χ1) is 18.9. The van der Waals surface area contributed by atoms with Crippen LogP contribution in [-0.2, 0) is 26.2 Å². The van der Waals surface area contributed by atoms with Gasteiger partial charge >= 0.3 is 6.09 Å². The summed E-state index contributed by atoms with van der Waals surface area (Å²) in [5.74, 6) is -1.15. The second kappa shape index (κ2) is 11.8. The van der Waals surface area contributed by atoms with Crippen molar-refractivity contribution >= 4 is 32.9 Å². The summed E-state index contributed by atoms with van der Waals surface area (Å²) in [7, 11) is -4.09. The van der Waals surface area contributed by atoms with E-state index in [9.17, 15) is 23.2 Å². The molecule has 4 rings (SSSR count). The molecule has 40 heavy (non-hydrogen) atoms. The number of nitrogens with one attached hydrogen (secondary N) is 2. The lowest BCUT2D eigenvalue weighted by molar-refractivity contribution is -0.135.